The molecule has 108 valence electrons. The lowest BCUT2D eigenvalue weighted by Gasteiger charge is -2.24. The van der Waals surface area contributed by atoms with E-state index in [0.29, 0.717) is 5.92 Å². The summed E-state index contributed by atoms with van der Waals surface area (Å²) in [4.78, 5) is 2.30. The molecule has 19 heavy (non-hydrogen) atoms. The van der Waals surface area contributed by atoms with E-state index in [4.69, 9.17) is 0 Å². The first-order valence-electron chi connectivity index (χ1n) is 6.93. The topological polar surface area (TPSA) is 15.3 Å². The molecule has 0 heterocycles. The quantitative estimate of drug-likeness (QED) is 0.861. The van der Waals surface area contributed by atoms with Gasteiger partial charge in [-0.15, -0.1) is 0 Å². The summed E-state index contributed by atoms with van der Waals surface area (Å²) in [6, 6.07) is 6.61. The molecule has 0 unspecified atom stereocenters. The van der Waals surface area contributed by atoms with Crippen molar-refractivity contribution in [1.29, 1.82) is 0 Å². The van der Waals surface area contributed by atoms with Gasteiger partial charge >= 0.3 is 0 Å². The summed E-state index contributed by atoms with van der Waals surface area (Å²) in [7, 11) is 2.15. The van der Waals surface area contributed by atoms with Gasteiger partial charge in [0.2, 0.25) is 0 Å². The Kier molecular flexibility index (Phi) is 5.87. The SMILES string of the molecule is CC(C)CN(C)c1ccc(CNC(C)(C)C)c(Br)c1. The average molecular weight is 327 g/mol. The van der Waals surface area contributed by atoms with Gasteiger partial charge in [-0.3, -0.25) is 0 Å². The van der Waals surface area contributed by atoms with Crippen LogP contribution in [0.15, 0.2) is 22.7 Å². The number of hydrogen-bond acceptors (Lipinski definition) is 2. The smallest absolute Gasteiger partial charge is 0.0375 e. The van der Waals surface area contributed by atoms with Gasteiger partial charge in [-0.1, -0.05) is 35.8 Å². The average Bonchev–Trinajstić information content (AvgIpc) is 2.25. The van der Waals surface area contributed by atoms with Crippen molar-refractivity contribution in [3.8, 4) is 0 Å². The highest BCUT2D eigenvalue weighted by molar-refractivity contribution is 9.10. The van der Waals surface area contributed by atoms with Crippen molar-refractivity contribution >= 4 is 21.6 Å². The second kappa shape index (κ2) is 6.76. The zero-order valence-corrected chi connectivity index (χ0v) is 14.6. The Bertz CT molecular complexity index is 408. The largest absolute Gasteiger partial charge is 0.374 e. The van der Waals surface area contributed by atoms with Crippen LogP contribution in [0.25, 0.3) is 0 Å². The third kappa shape index (κ3) is 5.96. The number of nitrogens with one attached hydrogen (secondary N) is 1. The summed E-state index contributed by atoms with van der Waals surface area (Å²) in [5.74, 6) is 0.672. The van der Waals surface area contributed by atoms with Crippen molar-refractivity contribution in [2.45, 2.75) is 46.7 Å². The third-order valence-electron chi connectivity index (χ3n) is 2.93. The summed E-state index contributed by atoms with van der Waals surface area (Å²) < 4.78 is 1.18. The lowest BCUT2D eigenvalue weighted by molar-refractivity contribution is 0.424. The molecule has 0 fully saturated rings. The van der Waals surface area contributed by atoms with Crippen LogP contribution in [0.1, 0.15) is 40.2 Å². The molecule has 1 N–H and O–H groups in total. The molecule has 0 radical (unpaired) electrons. The molecule has 0 saturated carbocycles. The third-order valence-corrected chi connectivity index (χ3v) is 3.66. The predicted molar refractivity (Wildman–Crippen MR) is 88.8 cm³/mol. The minimum Gasteiger partial charge on any atom is -0.374 e. The van der Waals surface area contributed by atoms with Crippen LogP contribution in [0, 0.1) is 5.92 Å². The molecule has 0 amide bonds. The van der Waals surface area contributed by atoms with Gasteiger partial charge in [-0.05, 0) is 44.4 Å². The van der Waals surface area contributed by atoms with Crippen molar-refractivity contribution in [1.82, 2.24) is 5.32 Å². The molecule has 0 saturated heterocycles. The molecule has 1 aromatic rings. The Morgan fingerprint density at radius 3 is 2.37 bits per heavy atom. The van der Waals surface area contributed by atoms with E-state index in [0.717, 1.165) is 13.1 Å². The Morgan fingerprint density at radius 2 is 1.89 bits per heavy atom. The molecule has 3 heteroatoms. The first kappa shape index (κ1) is 16.5. The maximum Gasteiger partial charge on any atom is 0.0375 e. The van der Waals surface area contributed by atoms with Crippen molar-refractivity contribution in [2.24, 2.45) is 5.92 Å². The molecule has 1 aromatic carbocycles. The summed E-state index contributed by atoms with van der Waals surface area (Å²) in [5.41, 5.74) is 2.71. The van der Waals surface area contributed by atoms with Crippen LogP contribution in [-0.2, 0) is 6.54 Å². The van der Waals surface area contributed by atoms with Crippen LogP contribution in [0.3, 0.4) is 0 Å². The van der Waals surface area contributed by atoms with Crippen LogP contribution in [0.4, 0.5) is 5.69 Å². The van der Waals surface area contributed by atoms with Gasteiger partial charge in [0.05, 0.1) is 0 Å². The van der Waals surface area contributed by atoms with Crippen molar-refractivity contribution in [2.75, 3.05) is 18.5 Å². The Morgan fingerprint density at radius 1 is 1.26 bits per heavy atom. The second-order valence-electron chi connectivity index (χ2n) is 6.65. The standard InChI is InChI=1S/C16H27BrN2/c1-12(2)11-19(6)14-8-7-13(15(17)9-14)10-18-16(3,4)5/h7-9,12,18H,10-11H2,1-6H3. The highest BCUT2D eigenvalue weighted by Crippen LogP contribution is 2.24. The molecule has 2 nitrogen and oxygen atoms in total. The maximum atomic E-state index is 3.68. The summed E-state index contributed by atoms with van der Waals surface area (Å²) in [5, 5.41) is 3.52. The minimum absolute atomic E-state index is 0.145. The molecule has 0 atom stereocenters. The monoisotopic (exact) mass is 326 g/mol. The fourth-order valence-electron chi connectivity index (χ4n) is 1.93. The van der Waals surface area contributed by atoms with E-state index >= 15 is 0 Å². The molecular formula is C16H27BrN2. The van der Waals surface area contributed by atoms with Gasteiger partial charge in [0.1, 0.15) is 0 Å². The van der Waals surface area contributed by atoms with Crippen LogP contribution in [0.2, 0.25) is 0 Å². The van der Waals surface area contributed by atoms with E-state index in [1.54, 1.807) is 0 Å². The zero-order valence-electron chi connectivity index (χ0n) is 13.0. The number of nitrogens with zero attached hydrogens (tertiary/aromatic N) is 1. The van der Waals surface area contributed by atoms with Gasteiger partial charge < -0.3 is 10.2 Å². The zero-order chi connectivity index (χ0) is 14.6. The van der Waals surface area contributed by atoms with E-state index in [2.05, 4.69) is 86.0 Å². The molecule has 0 aliphatic rings. The number of hydrogen-bond donors (Lipinski definition) is 1. The Labute approximate surface area is 126 Å². The summed E-state index contributed by atoms with van der Waals surface area (Å²) in [6.07, 6.45) is 0. The van der Waals surface area contributed by atoms with E-state index in [-0.39, 0.29) is 5.54 Å². The number of halogens is 1. The first-order chi connectivity index (χ1) is 8.69. The lowest BCUT2D eigenvalue weighted by Crippen LogP contribution is -2.35. The van der Waals surface area contributed by atoms with Gasteiger partial charge in [-0.2, -0.15) is 0 Å². The molecule has 0 bridgehead atoms. The van der Waals surface area contributed by atoms with Gasteiger partial charge in [0.25, 0.3) is 0 Å². The molecular weight excluding hydrogens is 300 g/mol. The van der Waals surface area contributed by atoms with E-state index < -0.39 is 0 Å². The van der Waals surface area contributed by atoms with Gasteiger partial charge in [0.15, 0.2) is 0 Å². The minimum atomic E-state index is 0.145. The van der Waals surface area contributed by atoms with Crippen LogP contribution < -0.4 is 10.2 Å². The van der Waals surface area contributed by atoms with E-state index in [1.165, 1.54) is 15.7 Å². The van der Waals surface area contributed by atoms with Gasteiger partial charge in [-0.25, -0.2) is 0 Å². The van der Waals surface area contributed by atoms with Crippen LogP contribution >= 0.6 is 15.9 Å². The number of benzene rings is 1. The highest BCUT2D eigenvalue weighted by atomic mass is 79.9. The molecule has 0 aromatic heterocycles. The van der Waals surface area contributed by atoms with E-state index in [1.807, 2.05) is 0 Å². The summed E-state index contributed by atoms with van der Waals surface area (Å²) in [6.45, 7) is 13.0. The van der Waals surface area contributed by atoms with Crippen molar-refractivity contribution in [3.63, 3.8) is 0 Å². The maximum absolute atomic E-state index is 3.68. The van der Waals surface area contributed by atoms with Crippen LogP contribution in [0.5, 0.6) is 0 Å². The normalized spacial score (nSPS) is 12.0. The second-order valence-corrected chi connectivity index (χ2v) is 7.51. The first-order valence-corrected chi connectivity index (χ1v) is 7.73. The molecule has 0 spiro atoms. The van der Waals surface area contributed by atoms with E-state index in [9.17, 15) is 0 Å². The number of anilines is 1. The molecule has 1 rings (SSSR count). The van der Waals surface area contributed by atoms with Crippen molar-refractivity contribution < 1.29 is 0 Å². The number of rotatable bonds is 5. The fraction of sp³-hybridized carbons (Fsp3) is 0.625. The highest BCUT2D eigenvalue weighted by Gasteiger charge is 2.11. The Hall–Kier alpha value is -0.540. The van der Waals surface area contributed by atoms with Crippen molar-refractivity contribution in [3.05, 3.63) is 28.2 Å². The predicted octanol–water partition coefficient (Wildman–Crippen LogP) is 4.43. The lowest BCUT2D eigenvalue weighted by atomic mass is 10.1. The van der Waals surface area contributed by atoms with Crippen LogP contribution in [-0.4, -0.2) is 19.1 Å². The van der Waals surface area contributed by atoms with Gasteiger partial charge in [0, 0.05) is 35.8 Å². The Balaban J connectivity index is 2.74. The molecule has 0 aliphatic heterocycles. The summed E-state index contributed by atoms with van der Waals surface area (Å²) >= 11 is 3.68. The molecule has 0 aliphatic carbocycles. The fourth-order valence-corrected chi connectivity index (χ4v) is 2.44.